The molecule has 0 radical (unpaired) electrons. The summed E-state index contributed by atoms with van der Waals surface area (Å²) in [5, 5.41) is 2.33. The van der Waals surface area contributed by atoms with Crippen LogP contribution in [0.3, 0.4) is 0 Å². The highest BCUT2D eigenvalue weighted by Gasteiger charge is 2.12. The molecule has 2 aromatic rings. The summed E-state index contributed by atoms with van der Waals surface area (Å²) < 4.78 is 5.58. The monoisotopic (exact) mass is 313 g/mol. The molecule has 116 valence electrons. The Labute approximate surface area is 137 Å². The molecule has 1 unspecified atom stereocenters. The zero-order valence-electron chi connectivity index (χ0n) is 13.2. The van der Waals surface area contributed by atoms with Crippen molar-refractivity contribution in [2.75, 3.05) is 20.7 Å². The van der Waals surface area contributed by atoms with Gasteiger partial charge in [-0.3, -0.25) is 4.90 Å². The fourth-order valence-corrected chi connectivity index (χ4v) is 3.00. The zero-order valence-corrected chi connectivity index (χ0v) is 14.0. The molecule has 2 nitrogen and oxygen atoms in total. The molecule has 0 spiro atoms. The van der Waals surface area contributed by atoms with Crippen molar-refractivity contribution in [3.63, 3.8) is 0 Å². The molecule has 0 saturated carbocycles. The molecule has 2 rings (SSSR count). The van der Waals surface area contributed by atoms with Gasteiger partial charge >= 0.3 is 0 Å². The van der Waals surface area contributed by atoms with Crippen LogP contribution in [-0.2, 0) is 11.2 Å². The number of nitrogens with zero attached hydrogens (tertiary/aromatic N) is 1. The maximum atomic E-state index is 5.58. The lowest BCUT2D eigenvalue weighted by Crippen LogP contribution is -2.16. The van der Waals surface area contributed by atoms with Crippen molar-refractivity contribution in [2.24, 2.45) is 0 Å². The van der Waals surface area contributed by atoms with Gasteiger partial charge in [-0.15, -0.1) is 11.8 Å². The van der Waals surface area contributed by atoms with E-state index in [-0.39, 0.29) is 0 Å². The number of hydrogen-bond acceptors (Lipinski definition) is 3. The first-order valence-electron chi connectivity index (χ1n) is 7.45. The number of hydrogen-bond donors (Lipinski definition) is 0. The second-order valence-corrected chi connectivity index (χ2v) is 6.23. The average molecular weight is 313 g/mol. The number of ether oxygens (including phenoxy) is 1. The summed E-state index contributed by atoms with van der Waals surface area (Å²) >= 11 is 1.75. The lowest BCUT2D eigenvalue weighted by molar-refractivity contribution is 0.254. The average Bonchev–Trinajstić information content (AvgIpc) is 2.55. The van der Waals surface area contributed by atoms with Gasteiger partial charge < -0.3 is 4.74 Å². The van der Waals surface area contributed by atoms with Gasteiger partial charge in [0.05, 0.1) is 18.2 Å². The summed E-state index contributed by atoms with van der Waals surface area (Å²) in [6.45, 7) is 0.707. The molecule has 2 aromatic carbocycles. The van der Waals surface area contributed by atoms with Crippen LogP contribution in [0.4, 0.5) is 0 Å². The predicted octanol–water partition coefficient (Wildman–Crippen LogP) is 4.71. The second kappa shape index (κ2) is 9.34. The van der Waals surface area contributed by atoms with Crippen molar-refractivity contribution >= 4 is 11.8 Å². The fraction of sp³-hybridized carbons (Fsp3) is 0.263. The van der Waals surface area contributed by atoms with Gasteiger partial charge in [0, 0.05) is 11.8 Å². The lowest BCUT2D eigenvalue weighted by Gasteiger charge is -2.22. The molecule has 1 atom stereocenters. The van der Waals surface area contributed by atoms with Gasteiger partial charge in [-0.25, -0.2) is 0 Å². The molecular formula is C19H23NOS. The third-order valence-electron chi connectivity index (χ3n) is 3.26. The van der Waals surface area contributed by atoms with Gasteiger partial charge in [0.1, 0.15) is 0 Å². The molecule has 0 bridgehead atoms. The summed E-state index contributed by atoms with van der Waals surface area (Å²) in [7, 11) is 4.18. The molecule has 0 aliphatic rings. The van der Waals surface area contributed by atoms with E-state index in [0.29, 0.717) is 12.0 Å². The molecule has 0 heterocycles. The van der Waals surface area contributed by atoms with Crippen LogP contribution in [-0.4, -0.2) is 25.6 Å². The van der Waals surface area contributed by atoms with E-state index in [9.17, 15) is 0 Å². The third-order valence-corrected chi connectivity index (χ3v) is 4.48. The minimum atomic E-state index is 0.301. The largest absolute Gasteiger partial charge is 0.500 e. The number of thioether (sulfide) groups is 1. The maximum absolute atomic E-state index is 5.58. The Balaban J connectivity index is 1.75. The van der Waals surface area contributed by atoms with Crippen molar-refractivity contribution in [3.8, 4) is 0 Å². The second-order valence-electron chi connectivity index (χ2n) is 5.24. The van der Waals surface area contributed by atoms with Crippen molar-refractivity contribution < 1.29 is 4.74 Å². The van der Waals surface area contributed by atoms with Crippen LogP contribution in [0.25, 0.3) is 0 Å². The fourth-order valence-electron chi connectivity index (χ4n) is 2.15. The van der Waals surface area contributed by atoms with Gasteiger partial charge in [0.25, 0.3) is 0 Å². The smallest absolute Gasteiger partial charge is 0.0913 e. The molecule has 0 N–H and O–H groups in total. The van der Waals surface area contributed by atoms with Crippen LogP contribution in [0.2, 0.25) is 0 Å². The normalized spacial score (nSPS) is 12.7. The van der Waals surface area contributed by atoms with Crippen LogP contribution in [0.15, 0.2) is 72.3 Å². The Hall–Kier alpha value is -1.71. The highest BCUT2D eigenvalue weighted by Crippen LogP contribution is 2.31. The SMILES string of the molecule is CN(C)C(S/C=C/OCCc1ccccc1)c1ccccc1. The van der Waals surface area contributed by atoms with E-state index >= 15 is 0 Å². The van der Waals surface area contributed by atoms with Crippen LogP contribution in [0.1, 0.15) is 16.5 Å². The van der Waals surface area contributed by atoms with Gasteiger partial charge in [0.2, 0.25) is 0 Å². The van der Waals surface area contributed by atoms with Crippen molar-refractivity contribution in [2.45, 2.75) is 11.8 Å². The quantitative estimate of drug-likeness (QED) is 0.398. The van der Waals surface area contributed by atoms with E-state index in [1.165, 1.54) is 11.1 Å². The Kier molecular flexibility index (Phi) is 7.07. The molecule has 0 amide bonds. The highest BCUT2D eigenvalue weighted by atomic mass is 32.2. The molecule has 22 heavy (non-hydrogen) atoms. The van der Waals surface area contributed by atoms with Gasteiger partial charge in [-0.05, 0) is 25.2 Å². The van der Waals surface area contributed by atoms with Crippen molar-refractivity contribution in [1.29, 1.82) is 0 Å². The van der Waals surface area contributed by atoms with E-state index in [0.717, 1.165) is 6.42 Å². The summed E-state index contributed by atoms with van der Waals surface area (Å²) in [4.78, 5) is 2.20. The minimum Gasteiger partial charge on any atom is -0.500 e. The third kappa shape index (κ3) is 5.58. The topological polar surface area (TPSA) is 12.5 Å². The molecule has 0 saturated heterocycles. The molecule has 0 aliphatic heterocycles. The van der Waals surface area contributed by atoms with Gasteiger partial charge in [-0.2, -0.15) is 0 Å². The van der Waals surface area contributed by atoms with E-state index in [4.69, 9.17) is 4.74 Å². The Morgan fingerprint density at radius 1 is 1.00 bits per heavy atom. The van der Waals surface area contributed by atoms with Gasteiger partial charge in [0.15, 0.2) is 0 Å². The summed E-state index contributed by atoms with van der Waals surface area (Å²) in [6, 6.07) is 20.9. The zero-order chi connectivity index (χ0) is 15.6. The van der Waals surface area contributed by atoms with Crippen molar-refractivity contribution in [3.05, 3.63) is 83.5 Å². The van der Waals surface area contributed by atoms with Gasteiger partial charge in [-0.1, -0.05) is 60.7 Å². The first-order chi connectivity index (χ1) is 10.8. The first-order valence-corrected chi connectivity index (χ1v) is 8.39. The molecular weight excluding hydrogens is 290 g/mol. The lowest BCUT2D eigenvalue weighted by atomic mass is 10.2. The Morgan fingerprint density at radius 3 is 2.27 bits per heavy atom. The van der Waals surface area contributed by atoms with Crippen LogP contribution < -0.4 is 0 Å². The summed E-state index contributed by atoms with van der Waals surface area (Å²) in [5.74, 6) is 0. The summed E-state index contributed by atoms with van der Waals surface area (Å²) in [6.07, 6.45) is 2.73. The van der Waals surface area contributed by atoms with E-state index in [1.807, 2.05) is 17.5 Å². The molecule has 0 aromatic heterocycles. The molecule has 0 fully saturated rings. The van der Waals surface area contributed by atoms with Crippen LogP contribution >= 0.6 is 11.8 Å². The predicted molar refractivity (Wildman–Crippen MR) is 95.7 cm³/mol. The Morgan fingerprint density at radius 2 is 1.64 bits per heavy atom. The Bertz CT molecular complexity index is 554. The van der Waals surface area contributed by atoms with E-state index in [1.54, 1.807) is 18.0 Å². The summed E-state index contributed by atoms with van der Waals surface area (Å²) in [5.41, 5.74) is 2.60. The highest BCUT2D eigenvalue weighted by molar-refractivity contribution is 8.02. The van der Waals surface area contributed by atoms with Crippen LogP contribution in [0, 0.1) is 0 Å². The number of benzene rings is 2. The first kappa shape index (κ1) is 16.7. The van der Waals surface area contributed by atoms with E-state index < -0.39 is 0 Å². The standard InChI is InChI=1S/C19H23NOS/c1-20(2)19(18-11-7-4-8-12-18)22-16-15-21-14-13-17-9-5-3-6-10-17/h3-12,15-16,19H,13-14H2,1-2H3/b16-15+. The minimum absolute atomic E-state index is 0.301. The molecule has 0 aliphatic carbocycles. The van der Waals surface area contributed by atoms with Crippen molar-refractivity contribution in [1.82, 2.24) is 4.90 Å². The van der Waals surface area contributed by atoms with E-state index in [2.05, 4.69) is 67.5 Å². The van der Waals surface area contributed by atoms with Crippen LogP contribution in [0.5, 0.6) is 0 Å². The molecule has 3 heteroatoms. The maximum Gasteiger partial charge on any atom is 0.0913 e. The number of rotatable bonds is 8.